The van der Waals surface area contributed by atoms with Crippen molar-refractivity contribution in [2.75, 3.05) is 25.1 Å². The number of carboxylic acids is 1. The molecule has 18 heavy (non-hydrogen) atoms. The zero-order chi connectivity index (χ0) is 13.4. The minimum absolute atomic E-state index is 0.285. The third-order valence-electron chi connectivity index (χ3n) is 2.34. The van der Waals surface area contributed by atoms with E-state index in [0.717, 1.165) is 23.9 Å². The molecule has 0 amide bonds. The van der Waals surface area contributed by atoms with Crippen molar-refractivity contribution in [1.29, 1.82) is 0 Å². The van der Waals surface area contributed by atoms with Crippen LogP contribution in [0.5, 0.6) is 0 Å². The number of benzene rings is 1. The van der Waals surface area contributed by atoms with Gasteiger partial charge in [-0.1, -0.05) is 22.9 Å². The van der Waals surface area contributed by atoms with Gasteiger partial charge < -0.3 is 15.2 Å². The normalized spacial score (nSPS) is 10.3. The van der Waals surface area contributed by atoms with E-state index in [-0.39, 0.29) is 5.56 Å². The summed E-state index contributed by atoms with van der Waals surface area (Å²) < 4.78 is 6.22. The van der Waals surface area contributed by atoms with Crippen LogP contribution in [0.15, 0.2) is 22.7 Å². The van der Waals surface area contributed by atoms with E-state index in [1.165, 1.54) is 0 Å². The summed E-state index contributed by atoms with van der Waals surface area (Å²) in [5.74, 6) is -0.924. The van der Waals surface area contributed by atoms with Crippen LogP contribution >= 0.6 is 15.9 Å². The second-order valence-corrected chi connectivity index (χ2v) is 4.80. The van der Waals surface area contributed by atoms with Crippen LogP contribution in [0.1, 0.15) is 30.1 Å². The van der Waals surface area contributed by atoms with E-state index in [1.807, 2.05) is 0 Å². The van der Waals surface area contributed by atoms with Gasteiger partial charge in [0.05, 0.1) is 5.56 Å². The summed E-state index contributed by atoms with van der Waals surface area (Å²) in [6.45, 7) is 4.23. The Bertz CT molecular complexity index is 396. The summed E-state index contributed by atoms with van der Waals surface area (Å²) in [5, 5.41) is 12.2. The van der Waals surface area contributed by atoms with Crippen molar-refractivity contribution in [2.45, 2.75) is 19.8 Å². The minimum Gasteiger partial charge on any atom is -0.478 e. The molecule has 0 spiro atoms. The smallest absolute Gasteiger partial charge is 0.337 e. The highest BCUT2D eigenvalue weighted by Gasteiger charge is 2.09. The molecule has 0 fully saturated rings. The maximum absolute atomic E-state index is 11.0. The maximum Gasteiger partial charge on any atom is 0.337 e. The zero-order valence-electron chi connectivity index (χ0n) is 10.4. The predicted octanol–water partition coefficient (Wildman–Crippen LogP) is 3.38. The topological polar surface area (TPSA) is 58.6 Å². The molecule has 1 aromatic rings. The van der Waals surface area contributed by atoms with E-state index >= 15 is 0 Å². The number of rotatable bonds is 8. The molecule has 4 nitrogen and oxygen atoms in total. The van der Waals surface area contributed by atoms with Crippen LogP contribution < -0.4 is 5.32 Å². The molecular formula is C13H18BrNO3. The number of nitrogens with one attached hydrogen (secondary N) is 1. The van der Waals surface area contributed by atoms with E-state index in [4.69, 9.17) is 9.84 Å². The first-order valence-corrected chi connectivity index (χ1v) is 6.79. The van der Waals surface area contributed by atoms with Crippen LogP contribution in [-0.2, 0) is 4.74 Å². The quantitative estimate of drug-likeness (QED) is 0.722. The first-order chi connectivity index (χ1) is 8.65. The largest absolute Gasteiger partial charge is 0.478 e. The Morgan fingerprint density at radius 2 is 2.22 bits per heavy atom. The third kappa shape index (κ3) is 5.06. The Morgan fingerprint density at radius 1 is 1.44 bits per heavy atom. The van der Waals surface area contributed by atoms with Crippen molar-refractivity contribution in [3.63, 3.8) is 0 Å². The Morgan fingerprint density at radius 3 is 2.89 bits per heavy atom. The standard InChI is InChI=1S/C13H18BrNO3/c1-2-7-18-8-3-6-15-12-9-10(14)4-5-11(12)13(16)17/h4-5,9,15H,2-3,6-8H2,1H3,(H,16,17). The van der Waals surface area contributed by atoms with Gasteiger partial charge in [-0.05, 0) is 31.0 Å². The molecule has 1 aromatic carbocycles. The van der Waals surface area contributed by atoms with Gasteiger partial charge in [-0.3, -0.25) is 0 Å². The lowest BCUT2D eigenvalue weighted by Gasteiger charge is -2.10. The van der Waals surface area contributed by atoms with Gasteiger partial charge in [0.1, 0.15) is 0 Å². The summed E-state index contributed by atoms with van der Waals surface area (Å²) in [7, 11) is 0. The lowest BCUT2D eigenvalue weighted by molar-refractivity contribution is 0.0698. The van der Waals surface area contributed by atoms with Crippen molar-refractivity contribution < 1.29 is 14.6 Å². The molecule has 2 N–H and O–H groups in total. The number of anilines is 1. The molecule has 0 aliphatic carbocycles. The first-order valence-electron chi connectivity index (χ1n) is 5.99. The second-order valence-electron chi connectivity index (χ2n) is 3.89. The van der Waals surface area contributed by atoms with Gasteiger partial charge in [-0.25, -0.2) is 4.79 Å². The monoisotopic (exact) mass is 315 g/mol. The fraction of sp³-hybridized carbons (Fsp3) is 0.462. The van der Waals surface area contributed by atoms with Gasteiger partial charge in [0.2, 0.25) is 0 Å². The molecule has 0 aliphatic rings. The summed E-state index contributed by atoms with van der Waals surface area (Å²) in [6, 6.07) is 5.08. The minimum atomic E-state index is -0.924. The maximum atomic E-state index is 11.0. The molecule has 0 saturated heterocycles. The molecule has 0 heterocycles. The molecule has 1 rings (SSSR count). The van der Waals surface area contributed by atoms with E-state index in [9.17, 15) is 4.79 Å². The molecule has 0 unspecified atom stereocenters. The number of carbonyl (C=O) groups is 1. The highest BCUT2D eigenvalue weighted by molar-refractivity contribution is 9.10. The zero-order valence-corrected chi connectivity index (χ0v) is 12.0. The average molecular weight is 316 g/mol. The van der Waals surface area contributed by atoms with E-state index in [2.05, 4.69) is 28.2 Å². The summed E-state index contributed by atoms with van der Waals surface area (Å²) in [4.78, 5) is 11.0. The lowest BCUT2D eigenvalue weighted by atomic mass is 10.2. The van der Waals surface area contributed by atoms with Gasteiger partial charge in [0.25, 0.3) is 0 Å². The van der Waals surface area contributed by atoms with Gasteiger partial charge in [0, 0.05) is 29.9 Å². The number of halogens is 1. The highest BCUT2D eigenvalue weighted by Crippen LogP contribution is 2.21. The Labute approximate surface area is 115 Å². The number of carboxylic acid groups (broad SMARTS) is 1. The third-order valence-corrected chi connectivity index (χ3v) is 2.83. The van der Waals surface area contributed by atoms with Crippen LogP contribution in [0.4, 0.5) is 5.69 Å². The van der Waals surface area contributed by atoms with E-state index < -0.39 is 5.97 Å². The number of ether oxygens (including phenoxy) is 1. The SMILES string of the molecule is CCCOCCCNc1cc(Br)ccc1C(=O)O. The van der Waals surface area contributed by atoms with Gasteiger partial charge in [0.15, 0.2) is 0 Å². The van der Waals surface area contributed by atoms with Crippen LogP contribution in [0, 0.1) is 0 Å². The summed E-state index contributed by atoms with van der Waals surface area (Å²) >= 11 is 3.33. The molecule has 0 aromatic heterocycles. The van der Waals surface area contributed by atoms with Crippen LogP contribution in [0.2, 0.25) is 0 Å². The van der Waals surface area contributed by atoms with Crippen molar-refractivity contribution in [3.8, 4) is 0 Å². The number of aromatic carboxylic acids is 1. The van der Waals surface area contributed by atoms with Crippen LogP contribution in [-0.4, -0.2) is 30.8 Å². The van der Waals surface area contributed by atoms with Crippen LogP contribution in [0.25, 0.3) is 0 Å². The molecule has 0 bridgehead atoms. The fourth-order valence-electron chi connectivity index (χ4n) is 1.49. The van der Waals surface area contributed by atoms with Crippen LogP contribution in [0.3, 0.4) is 0 Å². The van der Waals surface area contributed by atoms with Crippen molar-refractivity contribution in [1.82, 2.24) is 0 Å². The molecule has 100 valence electrons. The molecule has 0 saturated carbocycles. The molecule has 0 radical (unpaired) electrons. The molecule has 0 atom stereocenters. The molecular weight excluding hydrogens is 298 g/mol. The van der Waals surface area contributed by atoms with Crippen molar-refractivity contribution >= 4 is 27.6 Å². The van der Waals surface area contributed by atoms with Gasteiger partial charge >= 0.3 is 5.97 Å². The number of hydrogen-bond acceptors (Lipinski definition) is 3. The number of hydrogen-bond donors (Lipinski definition) is 2. The fourth-order valence-corrected chi connectivity index (χ4v) is 1.85. The highest BCUT2D eigenvalue weighted by atomic mass is 79.9. The summed E-state index contributed by atoms with van der Waals surface area (Å²) in [6.07, 6.45) is 1.87. The first kappa shape index (κ1) is 15.0. The Kier molecular flexibility index (Phi) is 6.75. The van der Waals surface area contributed by atoms with Gasteiger partial charge in [-0.2, -0.15) is 0 Å². The predicted molar refractivity (Wildman–Crippen MR) is 75.3 cm³/mol. The second kappa shape index (κ2) is 8.11. The Hall–Kier alpha value is -1.07. The van der Waals surface area contributed by atoms with Crippen molar-refractivity contribution in [2.24, 2.45) is 0 Å². The van der Waals surface area contributed by atoms with E-state index in [1.54, 1.807) is 18.2 Å². The summed E-state index contributed by atoms with van der Waals surface area (Å²) in [5.41, 5.74) is 0.917. The van der Waals surface area contributed by atoms with Crippen molar-refractivity contribution in [3.05, 3.63) is 28.2 Å². The lowest BCUT2D eigenvalue weighted by Crippen LogP contribution is -2.10. The van der Waals surface area contributed by atoms with E-state index in [0.29, 0.717) is 18.8 Å². The van der Waals surface area contributed by atoms with Gasteiger partial charge in [-0.15, -0.1) is 0 Å². The Balaban J connectivity index is 2.45. The molecule has 5 heteroatoms. The average Bonchev–Trinajstić information content (AvgIpc) is 2.33. The molecule has 0 aliphatic heterocycles.